The van der Waals surface area contributed by atoms with E-state index in [9.17, 15) is 14.4 Å². The molecule has 158 valence electrons. The van der Waals surface area contributed by atoms with Crippen LogP contribution in [0.5, 0.6) is 0 Å². The standard InChI is InChI=1S/C23H28N4O3/c1-3-6-20(28)25-18-8-5-14-27(15-18)23(30)19-9-4-7-16(2)21(19)26-22(29)17-10-12-24-13-11-17/h4,7,9-13,18H,3,5-6,8,14-15H2,1-2H3,(H,25,28)(H,26,29). The number of hydrogen-bond donors (Lipinski definition) is 2. The Morgan fingerprint density at radius 3 is 2.67 bits per heavy atom. The van der Waals surface area contributed by atoms with Gasteiger partial charge in [0.25, 0.3) is 11.8 Å². The summed E-state index contributed by atoms with van der Waals surface area (Å²) in [6.45, 7) is 4.93. The van der Waals surface area contributed by atoms with E-state index in [1.165, 1.54) is 0 Å². The van der Waals surface area contributed by atoms with Gasteiger partial charge in [-0.05, 0) is 49.9 Å². The summed E-state index contributed by atoms with van der Waals surface area (Å²) in [5.41, 5.74) is 2.26. The second-order valence-corrected chi connectivity index (χ2v) is 7.60. The second kappa shape index (κ2) is 10.0. The molecule has 0 bridgehead atoms. The number of benzene rings is 1. The minimum Gasteiger partial charge on any atom is -0.352 e. The first-order valence-corrected chi connectivity index (χ1v) is 10.4. The van der Waals surface area contributed by atoms with E-state index < -0.39 is 0 Å². The lowest BCUT2D eigenvalue weighted by molar-refractivity contribution is -0.122. The first-order valence-electron chi connectivity index (χ1n) is 10.4. The van der Waals surface area contributed by atoms with Gasteiger partial charge in [-0.3, -0.25) is 19.4 Å². The van der Waals surface area contributed by atoms with Crippen molar-refractivity contribution in [3.63, 3.8) is 0 Å². The molecule has 7 nitrogen and oxygen atoms in total. The van der Waals surface area contributed by atoms with Crippen LogP contribution in [0.1, 0.15) is 58.9 Å². The Hall–Kier alpha value is -3.22. The molecule has 1 atom stereocenters. The zero-order valence-electron chi connectivity index (χ0n) is 17.5. The maximum Gasteiger partial charge on any atom is 0.256 e. The molecule has 1 aromatic heterocycles. The molecule has 2 heterocycles. The van der Waals surface area contributed by atoms with Gasteiger partial charge in [-0.25, -0.2) is 0 Å². The Morgan fingerprint density at radius 2 is 1.93 bits per heavy atom. The minimum absolute atomic E-state index is 0.0256. The molecule has 0 saturated carbocycles. The van der Waals surface area contributed by atoms with E-state index in [1.807, 2.05) is 26.0 Å². The van der Waals surface area contributed by atoms with Crippen LogP contribution in [-0.2, 0) is 4.79 Å². The molecule has 1 saturated heterocycles. The van der Waals surface area contributed by atoms with Gasteiger partial charge in [0.05, 0.1) is 11.3 Å². The highest BCUT2D eigenvalue weighted by Gasteiger charge is 2.27. The van der Waals surface area contributed by atoms with Crippen LogP contribution in [0.15, 0.2) is 42.7 Å². The van der Waals surface area contributed by atoms with Crippen molar-refractivity contribution in [3.05, 3.63) is 59.4 Å². The summed E-state index contributed by atoms with van der Waals surface area (Å²) in [5, 5.41) is 5.92. The Kier molecular flexibility index (Phi) is 7.17. The van der Waals surface area contributed by atoms with Crippen molar-refractivity contribution in [1.29, 1.82) is 0 Å². The van der Waals surface area contributed by atoms with Crippen LogP contribution in [0.25, 0.3) is 0 Å². The van der Waals surface area contributed by atoms with Crippen molar-refractivity contribution in [1.82, 2.24) is 15.2 Å². The number of para-hydroxylation sites is 1. The van der Waals surface area contributed by atoms with Gasteiger partial charge in [0.1, 0.15) is 0 Å². The van der Waals surface area contributed by atoms with E-state index in [1.54, 1.807) is 35.5 Å². The van der Waals surface area contributed by atoms with E-state index in [0.717, 1.165) is 24.8 Å². The molecule has 3 amide bonds. The Morgan fingerprint density at radius 1 is 1.17 bits per heavy atom. The van der Waals surface area contributed by atoms with Crippen molar-refractivity contribution in [2.45, 2.75) is 45.6 Å². The number of nitrogens with zero attached hydrogens (tertiary/aromatic N) is 2. The third-order valence-electron chi connectivity index (χ3n) is 5.24. The molecule has 1 aliphatic rings. The molecule has 0 spiro atoms. The van der Waals surface area contributed by atoms with Crippen molar-refractivity contribution in [2.75, 3.05) is 18.4 Å². The number of nitrogens with one attached hydrogen (secondary N) is 2. The van der Waals surface area contributed by atoms with Gasteiger partial charge in [-0.2, -0.15) is 0 Å². The molecule has 3 rings (SSSR count). The predicted molar refractivity (Wildman–Crippen MR) is 115 cm³/mol. The molecule has 1 aromatic carbocycles. The zero-order valence-corrected chi connectivity index (χ0v) is 17.5. The van der Waals surface area contributed by atoms with Crippen molar-refractivity contribution in [2.24, 2.45) is 0 Å². The minimum atomic E-state index is -0.288. The second-order valence-electron chi connectivity index (χ2n) is 7.60. The van der Waals surface area contributed by atoms with Crippen LogP contribution in [-0.4, -0.2) is 46.7 Å². The van der Waals surface area contributed by atoms with Gasteiger partial charge in [0.15, 0.2) is 0 Å². The van der Waals surface area contributed by atoms with Gasteiger partial charge < -0.3 is 15.5 Å². The summed E-state index contributed by atoms with van der Waals surface area (Å²) in [6, 6.07) is 8.63. The van der Waals surface area contributed by atoms with E-state index in [4.69, 9.17) is 0 Å². The van der Waals surface area contributed by atoms with E-state index >= 15 is 0 Å². The highest BCUT2D eigenvalue weighted by molar-refractivity contribution is 6.09. The number of hydrogen-bond acceptors (Lipinski definition) is 4. The summed E-state index contributed by atoms with van der Waals surface area (Å²) in [6.07, 6.45) is 6.09. The fourth-order valence-electron chi connectivity index (χ4n) is 3.68. The number of aryl methyl sites for hydroxylation is 1. The lowest BCUT2D eigenvalue weighted by Crippen LogP contribution is -2.49. The molecule has 0 aliphatic carbocycles. The monoisotopic (exact) mass is 408 g/mol. The summed E-state index contributed by atoms with van der Waals surface area (Å²) < 4.78 is 0. The zero-order chi connectivity index (χ0) is 21.5. The fourth-order valence-corrected chi connectivity index (χ4v) is 3.68. The fraction of sp³-hybridized carbons (Fsp3) is 0.391. The average molecular weight is 409 g/mol. The first-order chi connectivity index (χ1) is 14.5. The molecule has 1 fully saturated rings. The Balaban J connectivity index is 1.76. The third kappa shape index (κ3) is 5.23. The summed E-state index contributed by atoms with van der Waals surface area (Å²) in [7, 11) is 0. The SMILES string of the molecule is CCCC(=O)NC1CCCN(C(=O)c2cccc(C)c2NC(=O)c2ccncc2)C1. The normalized spacial score (nSPS) is 16.1. The lowest BCUT2D eigenvalue weighted by atomic mass is 10.0. The Bertz CT molecular complexity index is 914. The maximum absolute atomic E-state index is 13.3. The predicted octanol–water partition coefficient (Wildman–Crippen LogP) is 3.16. The number of anilines is 1. The highest BCUT2D eigenvalue weighted by atomic mass is 16.2. The topological polar surface area (TPSA) is 91.4 Å². The van der Waals surface area contributed by atoms with Gasteiger partial charge >= 0.3 is 0 Å². The van der Waals surface area contributed by atoms with Gasteiger partial charge in [-0.1, -0.05) is 19.1 Å². The molecule has 7 heteroatoms. The molecular weight excluding hydrogens is 380 g/mol. The largest absolute Gasteiger partial charge is 0.352 e. The number of pyridine rings is 1. The summed E-state index contributed by atoms with van der Waals surface area (Å²) >= 11 is 0. The van der Waals surface area contributed by atoms with Crippen molar-refractivity contribution >= 4 is 23.4 Å². The van der Waals surface area contributed by atoms with Crippen molar-refractivity contribution in [3.8, 4) is 0 Å². The van der Waals surface area contributed by atoms with Gasteiger partial charge in [0.2, 0.25) is 5.91 Å². The van der Waals surface area contributed by atoms with Gasteiger partial charge in [-0.15, -0.1) is 0 Å². The number of likely N-dealkylation sites (tertiary alicyclic amines) is 1. The van der Waals surface area contributed by atoms with Crippen molar-refractivity contribution < 1.29 is 14.4 Å². The van der Waals surface area contributed by atoms with Crippen LogP contribution in [0.2, 0.25) is 0 Å². The quantitative estimate of drug-likeness (QED) is 0.768. The van der Waals surface area contributed by atoms with Crippen LogP contribution in [0.3, 0.4) is 0 Å². The van der Waals surface area contributed by atoms with Crippen LogP contribution in [0.4, 0.5) is 5.69 Å². The molecule has 1 unspecified atom stereocenters. The first kappa shape index (κ1) is 21.5. The van der Waals surface area contributed by atoms with Crippen LogP contribution >= 0.6 is 0 Å². The summed E-state index contributed by atoms with van der Waals surface area (Å²) in [4.78, 5) is 43.6. The number of amides is 3. The molecule has 1 aliphatic heterocycles. The highest BCUT2D eigenvalue weighted by Crippen LogP contribution is 2.24. The molecule has 2 aromatic rings. The molecule has 30 heavy (non-hydrogen) atoms. The molecule has 2 N–H and O–H groups in total. The summed E-state index contributed by atoms with van der Waals surface area (Å²) in [5.74, 6) is -0.403. The third-order valence-corrected chi connectivity index (χ3v) is 5.24. The number of aromatic nitrogens is 1. The van der Waals surface area contributed by atoms with Crippen LogP contribution < -0.4 is 10.6 Å². The smallest absolute Gasteiger partial charge is 0.256 e. The number of piperidine rings is 1. The van der Waals surface area contributed by atoms with E-state index in [-0.39, 0.29) is 23.8 Å². The van der Waals surface area contributed by atoms with E-state index in [2.05, 4.69) is 15.6 Å². The number of carbonyl (C=O) groups excluding carboxylic acids is 3. The van der Waals surface area contributed by atoms with Crippen LogP contribution in [0, 0.1) is 6.92 Å². The maximum atomic E-state index is 13.3. The lowest BCUT2D eigenvalue weighted by Gasteiger charge is -2.33. The number of carbonyl (C=O) groups is 3. The van der Waals surface area contributed by atoms with E-state index in [0.29, 0.717) is 36.3 Å². The molecular formula is C23H28N4O3. The van der Waals surface area contributed by atoms with Gasteiger partial charge in [0, 0.05) is 43.5 Å². The number of rotatable bonds is 6. The Labute approximate surface area is 176 Å². The average Bonchev–Trinajstić information content (AvgIpc) is 2.75. The molecule has 0 radical (unpaired) electrons.